The molecule has 3 nitrogen and oxygen atoms in total. The van der Waals surface area contributed by atoms with E-state index in [1.165, 1.54) is 12.1 Å². The molecule has 0 spiro atoms. The highest BCUT2D eigenvalue weighted by molar-refractivity contribution is 8.00. The third kappa shape index (κ3) is 4.02. The Labute approximate surface area is 113 Å². The third-order valence-corrected chi connectivity index (χ3v) is 4.43. The maximum Gasteiger partial charge on any atom is 0.573 e. The molecule has 0 saturated carbocycles. The highest BCUT2D eigenvalue weighted by atomic mass is 32.2. The van der Waals surface area contributed by atoms with E-state index in [1.54, 1.807) is 23.9 Å². The molecule has 1 aromatic carbocycles. The fraction of sp³-hybridized carbons (Fsp3) is 0.500. The average molecular weight is 292 g/mol. The van der Waals surface area contributed by atoms with E-state index in [1.807, 2.05) is 0 Å². The second-order valence-electron chi connectivity index (χ2n) is 4.32. The highest BCUT2D eigenvalue weighted by Gasteiger charge is 2.32. The molecule has 2 rings (SSSR count). The van der Waals surface area contributed by atoms with Crippen LogP contribution in [0.3, 0.4) is 0 Å². The zero-order valence-corrected chi connectivity index (χ0v) is 10.9. The van der Waals surface area contributed by atoms with Gasteiger partial charge in [0.05, 0.1) is 6.04 Å². The molecule has 1 saturated heterocycles. The van der Waals surface area contributed by atoms with Crippen molar-refractivity contribution in [1.82, 2.24) is 5.43 Å². The lowest BCUT2D eigenvalue weighted by atomic mass is 10.0. The Morgan fingerprint density at radius 2 is 2.21 bits per heavy atom. The van der Waals surface area contributed by atoms with E-state index >= 15 is 0 Å². The molecule has 106 valence electrons. The molecule has 0 aromatic heterocycles. The number of hydrazine groups is 1. The minimum absolute atomic E-state index is 0.163. The first kappa shape index (κ1) is 14.5. The summed E-state index contributed by atoms with van der Waals surface area (Å²) in [6.45, 7) is 0. The molecule has 7 heteroatoms. The van der Waals surface area contributed by atoms with Crippen molar-refractivity contribution < 1.29 is 17.9 Å². The van der Waals surface area contributed by atoms with Crippen LogP contribution in [-0.2, 0) is 0 Å². The summed E-state index contributed by atoms with van der Waals surface area (Å²) in [7, 11) is 0. The van der Waals surface area contributed by atoms with Crippen LogP contribution in [0.4, 0.5) is 13.2 Å². The molecule has 1 aliphatic heterocycles. The van der Waals surface area contributed by atoms with Crippen molar-refractivity contribution in [2.45, 2.75) is 30.5 Å². The maximum absolute atomic E-state index is 12.2. The molecule has 0 radical (unpaired) electrons. The van der Waals surface area contributed by atoms with Crippen molar-refractivity contribution in [1.29, 1.82) is 0 Å². The van der Waals surface area contributed by atoms with Crippen LogP contribution in [0.15, 0.2) is 24.3 Å². The molecule has 1 fully saturated rings. The van der Waals surface area contributed by atoms with Gasteiger partial charge >= 0.3 is 6.36 Å². The second kappa shape index (κ2) is 6.02. The maximum atomic E-state index is 12.2. The van der Waals surface area contributed by atoms with Crippen LogP contribution in [0.5, 0.6) is 5.75 Å². The summed E-state index contributed by atoms with van der Waals surface area (Å²) in [5.74, 6) is 6.38. The van der Waals surface area contributed by atoms with Crippen molar-refractivity contribution in [2.75, 3.05) is 5.75 Å². The summed E-state index contributed by atoms with van der Waals surface area (Å²) in [4.78, 5) is 0. The molecule has 3 N–H and O–H groups in total. The van der Waals surface area contributed by atoms with Crippen LogP contribution in [0.25, 0.3) is 0 Å². The lowest BCUT2D eigenvalue weighted by molar-refractivity contribution is -0.274. The topological polar surface area (TPSA) is 47.3 Å². The van der Waals surface area contributed by atoms with E-state index < -0.39 is 6.36 Å². The second-order valence-corrected chi connectivity index (χ2v) is 5.66. The van der Waals surface area contributed by atoms with Crippen molar-refractivity contribution in [2.24, 2.45) is 5.84 Å². The number of hydrogen-bond donors (Lipinski definition) is 2. The van der Waals surface area contributed by atoms with Crippen LogP contribution >= 0.6 is 11.8 Å². The molecule has 2 atom stereocenters. The first-order chi connectivity index (χ1) is 8.99. The Balaban J connectivity index is 2.16. The van der Waals surface area contributed by atoms with E-state index in [0.29, 0.717) is 5.56 Å². The molecule has 1 aromatic rings. The number of halogens is 3. The van der Waals surface area contributed by atoms with Gasteiger partial charge in [-0.15, -0.1) is 13.2 Å². The summed E-state index contributed by atoms with van der Waals surface area (Å²) in [5, 5.41) is 0.283. The van der Waals surface area contributed by atoms with Gasteiger partial charge < -0.3 is 4.74 Å². The third-order valence-electron chi connectivity index (χ3n) is 2.97. The Kier molecular flexibility index (Phi) is 4.59. The number of nitrogens with one attached hydrogen (secondary N) is 1. The fourth-order valence-corrected chi connectivity index (χ4v) is 3.59. The predicted octanol–water partition coefficient (Wildman–Crippen LogP) is 2.99. The highest BCUT2D eigenvalue weighted by Crippen LogP contribution is 2.36. The Morgan fingerprint density at radius 1 is 1.42 bits per heavy atom. The van der Waals surface area contributed by atoms with Gasteiger partial charge in [0, 0.05) is 5.25 Å². The van der Waals surface area contributed by atoms with Crippen LogP contribution in [-0.4, -0.2) is 17.4 Å². The molecule has 19 heavy (non-hydrogen) atoms. The standard InChI is InChI=1S/C12H15F3N2OS/c13-12(14,15)18-9-4-1-3-8(7-9)11(17-16)10-5-2-6-19-10/h1,3-4,7,10-11,17H,2,5-6,16H2. The number of hydrogen-bond acceptors (Lipinski definition) is 4. The van der Waals surface area contributed by atoms with E-state index in [9.17, 15) is 13.2 Å². The summed E-state index contributed by atoms with van der Waals surface area (Å²) in [5.41, 5.74) is 3.40. The van der Waals surface area contributed by atoms with Crippen molar-refractivity contribution >= 4 is 11.8 Å². The Morgan fingerprint density at radius 3 is 2.79 bits per heavy atom. The van der Waals surface area contributed by atoms with Gasteiger partial charge in [-0.25, -0.2) is 0 Å². The monoisotopic (exact) mass is 292 g/mol. The van der Waals surface area contributed by atoms with Crippen LogP contribution in [0.1, 0.15) is 24.4 Å². The molecule has 1 heterocycles. The first-order valence-corrected chi connectivity index (χ1v) is 6.98. The number of rotatable bonds is 4. The van der Waals surface area contributed by atoms with E-state index in [0.717, 1.165) is 18.6 Å². The number of thioether (sulfide) groups is 1. The molecule has 0 aliphatic carbocycles. The molecule has 0 amide bonds. The van der Waals surface area contributed by atoms with E-state index in [4.69, 9.17) is 5.84 Å². The largest absolute Gasteiger partial charge is 0.573 e. The minimum atomic E-state index is -4.67. The van der Waals surface area contributed by atoms with Crippen molar-refractivity contribution in [3.05, 3.63) is 29.8 Å². The van der Waals surface area contributed by atoms with Gasteiger partial charge in [-0.3, -0.25) is 11.3 Å². The molecular formula is C12H15F3N2OS. The normalized spacial score (nSPS) is 21.4. The van der Waals surface area contributed by atoms with Crippen LogP contribution in [0.2, 0.25) is 0 Å². The fourth-order valence-electron chi connectivity index (χ4n) is 2.19. The number of nitrogens with two attached hydrogens (primary N) is 1. The zero-order valence-electron chi connectivity index (χ0n) is 10.1. The SMILES string of the molecule is NNC(c1cccc(OC(F)(F)F)c1)C1CCCS1. The van der Waals surface area contributed by atoms with Gasteiger partial charge in [-0.1, -0.05) is 12.1 Å². The number of ether oxygens (including phenoxy) is 1. The van der Waals surface area contributed by atoms with Crippen molar-refractivity contribution in [3.63, 3.8) is 0 Å². The number of alkyl halides is 3. The summed E-state index contributed by atoms with van der Waals surface area (Å²) < 4.78 is 40.5. The minimum Gasteiger partial charge on any atom is -0.406 e. The van der Waals surface area contributed by atoms with Gasteiger partial charge in [0.1, 0.15) is 5.75 Å². The van der Waals surface area contributed by atoms with Gasteiger partial charge in [0.15, 0.2) is 0 Å². The van der Waals surface area contributed by atoms with Gasteiger partial charge in [0.25, 0.3) is 0 Å². The van der Waals surface area contributed by atoms with E-state index in [-0.39, 0.29) is 17.0 Å². The summed E-state index contributed by atoms with van der Waals surface area (Å²) in [6.07, 6.45) is -2.57. The molecular weight excluding hydrogens is 277 g/mol. The molecule has 1 aliphatic rings. The lowest BCUT2D eigenvalue weighted by Crippen LogP contribution is -2.34. The lowest BCUT2D eigenvalue weighted by Gasteiger charge is -2.23. The van der Waals surface area contributed by atoms with Crippen LogP contribution in [0, 0.1) is 0 Å². The average Bonchev–Trinajstić information content (AvgIpc) is 2.82. The first-order valence-electron chi connectivity index (χ1n) is 5.93. The van der Waals surface area contributed by atoms with Crippen molar-refractivity contribution in [3.8, 4) is 5.75 Å². The Bertz CT molecular complexity index is 422. The van der Waals surface area contributed by atoms with Gasteiger partial charge in [-0.2, -0.15) is 11.8 Å². The quantitative estimate of drug-likeness (QED) is 0.661. The molecule has 2 unspecified atom stereocenters. The van der Waals surface area contributed by atoms with Gasteiger partial charge in [0.2, 0.25) is 0 Å². The number of benzene rings is 1. The smallest absolute Gasteiger partial charge is 0.406 e. The van der Waals surface area contributed by atoms with E-state index in [2.05, 4.69) is 10.2 Å². The molecule has 0 bridgehead atoms. The van der Waals surface area contributed by atoms with Gasteiger partial charge in [-0.05, 0) is 36.3 Å². The zero-order chi connectivity index (χ0) is 13.9. The summed E-state index contributed by atoms with van der Waals surface area (Å²) in [6, 6.07) is 5.81. The Hall–Kier alpha value is -0.920. The predicted molar refractivity (Wildman–Crippen MR) is 68.7 cm³/mol. The summed E-state index contributed by atoms with van der Waals surface area (Å²) >= 11 is 1.78. The van der Waals surface area contributed by atoms with Crippen LogP contribution < -0.4 is 16.0 Å².